The summed E-state index contributed by atoms with van der Waals surface area (Å²) < 4.78 is 21.8. The number of methoxy groups -OCH3 is 1. The molecular weight excluding hydrogens is 484 g/mol. The van der Waals surface area contributed by atoms with Crippen molar-refractivity contribution in [3.63, 3.8) is 0 Å². The van der Waals surface area contributed by atoms with Crippen LogP contribution in [0, 0.1) is 0 Å². The van der Waals surface area contributed by atoms with Crippen molar-refractivity contribution in [1.82, 2.24) is 0 Å². The smallest absolute Gasteiger partial charge is 0.306 e. The molecule has 2 aromatic carbocycles. The summed E-state index contributed by atoms with van der Waals surface area (Å²) in [6.45, 7) is 0. The molecule has 13 nitrogen and oxygen atoms in total. The number of aliphatic hydroxyl groups excluding tert-OH is 3. The van der Waals surface area contributed by atoms with Crippen molar-refractivity contribution in [3.05, 3.63) is 40.6 Å². The highest BCUT2D eigenvalue weighted by molar-refractivity contribution is 5.88. The van der Waals surface area contributed by atoms with Crippen LogP contribution in [0.15, 0.2) is 39.5 Å². The van der Waals surface area contributed by atoms with Gasteiger partial charge in [-0.1, -0.05) is 0 Å². The van der Waals surface area contributed by atoms with Crippen LogP contribution in [0.3, 0.4) is 0 Å². The van der Waals surface area contributed by atoms with Gasteiger partial charge >= 0.3 is 5.97 Å². The first kappa shape index (κ1) is 25.1. The molecule has 0 amide bonds. The third-order valence-electron chi connectivity index (χ3n) is 5.64. The van der Waals surface area contributed by atoms with Crippen LogP contribution in [0.25, 0.3) is 22.3 Å². The third-order valence-corrected chi connectivity index (χ3v) is 5.64. The summed E-state index contributed by atoms with van der Waals surface area (Å²) in [7, 11) is 1.28. The summed E-state index contributed by atoms with van der Waals surface area (Å²) in [6, 6.07) is 5.81. The molecule has 1 aliphatic heterocycles. The van der Waals surface area contributed by atoms with E-state index in [1.165, 1.54) is 25.3 Å². The molecule has 36 heavy (non-hydrogen) atoms. The highest BCUT2D eigenvalue weighted by atomic mass is 16.7. The number of aliphatic carboxylic acids is 1. The zero-order valence-electron chi connectivity index (χ0n) is 18.6. The Morgan fingerprint density at radius 1 is 1.00 bits per heavy atom. The van der Waals surface area contributed by atoms with Gasteiger partial charge in [-0.3, -0.25) is 9.59 Å². The van der Waals surface area contributed by atoms with Gasteiger partial charge in [0.05, 0.1) is 13.5 Å². The SMILES string of the molecule is COc1cc(-c2oc3cc(O)cc(O)c3c(=O)c2OC2O[C@H](CC(=O)O)[C@@H](O)[C@H](O)[C@H]2O)ccc1O. The second-order valence-electron chi connectivity index (χ2n) is 8.04. The van der Waals surface area contributed by atoms with Gasteiger partial charge in [0.2, 0.25) is 17.5 Å². The van der Waals surface area contributed by atoms with E-state index >= 15 is 0 Å². The molecule has 4 rings (SSSR count). The van der Waals surface area contributed by atoms with Crippen molar-refractivity contribution < 1.29 is 59.2 Å². The molecule has 0 spiro atoms. The molecule has 0 aliphatic carbocycles. The summed E-state index contributed by atoms with van der Waals surface area (Å²) in [6.07, 6.45) is -9.67. The zero-order chi connectivity index (χ0) is 26.3. The van der Waals surface area contributed by atoms with Crippen molar-refractivity contribution in [2.24, 2.45) is 0 Å². The highest BCUT2D eigenvalue weighted by Gasteiger charge is 2.46. The molecule has 0 saturated carbocycles. The summed E-state index contributed by atoms with van der Waals surface area (Å²) in [5.74, 6) is -3.60. The largest absolute Gasteiger partial charge is 0.508 e. The van der Waals surface area contributed by atoms with Crippen LogP contribution in [0.4, 0.5) is 0 Å². The predicted molar refractivity (Wildman–Crippen MR) is 119 cm³/mol. The standard InChI is InChI=1S/C23H22O13/c1-33-12-4-8(2-3-10(12)25)21-22(18(30)16-11(26)5-9(24)6-13(16)34-21)36-23-20(32)19(31)17(29)14(35-23)7-15(27)28/h2-6,14,17,19-20,23-26,29,31-32H,7H2,1H3,(H,27,28)/t14-,17-,19+,20-,23?/m1/s1. The monoisotopic (exact) mass is 506 g/mol. The van der Waals surface area contributed by atoms with E-state index in [0.29, 0.717) is 0 Å². The van der Waals surface area contributed by atoms with Crippen LogP contribution >= 0.6 is 0 Å². The second-order valence-corrected chi connectivity index (χ2v) is 8.04. The molecule has 1 fully saturated rings. The highest BCUT2D eigenvalue weighted by Crippen LogP contribution is 2.39. The fourth-order valence-corrected chi connectivity index (χ4v) is 3.86. The van der Waals surface area contributed by atoms with E-state index < -0.39 is 71.2 Å². The maximum Gasteiger partial charge on any atom is 0.306 e. The Hall–Kier alpha value is -4.04. The minimum atomic E-state index is -1.92. The minimum Gasteiger partial charge on any atom is -0.508 e. The molecule has 7 N–H and O–H groups in total. The lowest BCUT2D eigenvalue weighted by Crippen LogP contribution is -2.59. The van der Waals surface area contributed by atoms with Crippen LogP contribution in [0.1, 0.15) is 6.42 Å². The topological polar surface area (TPSA) is 217 Å². The number of carboxylic acid groups (broad SMARTS) is 1. The average Bonchev–Trinajstić information content (AvgIpc) is 2.81. The number of fused-ring (bicyclic) bond motifs is 1. The lowest BCUT2D eigenvalue weighted by molar-refractivity contribution is -0.273. The lowest BCUT2D eigenvalue weighted by Gasteiger charge is -2.39. The Morgan fingerprint density at radius 2 is 1.72 bits per heavy atom. The predicted octanol–water partition coefficient (Wildman–Crippen LogP) is 0.246. The molecule has 1 unspecified atom stereocenters. The summed E-state index contributed by atoms with van der Waals surface area (Å²) in [4.78, 5) is 24.5. The van der Waals surface area contributed by atoms with Crippen molar-refractivity contribution in [3.8, 4) is 40.1 Å². The van der Waals surface area contributed by atoms with E-state index in [9.17, 15) is 40.2 Å². The molecule has 3 aromatic rings. The normalized spacial score (nSPS) is 23.9. The van der Waals surface area contributed by atoms with Gasteiger partial charge in [-0.15, -0.1) is 0 Å². The van der Waals surface area contributed by atoms with Gasteiger partial charge in [-0.25, -0.2) is 0 Å². The number of carbonyl (C=O) groups is 1. The number of hydrogen-bond donors (Lipinski definition) is 7. The number of aromatic hydroxyl groups is 3. The zero-order valence-corrected chi connectivity index (χ0v) is 18.6. The molecule has 2 heterocycles. The van der Waals surface area contributed by atoms with Gasteiger partial charge in [-0.05, 0) is 18.2 Å². The molecule has 0 bridgehead atoms. The quantitative estimate of drug-likeness (QED) is 0.239. The fraction of sp³-hybridized carbons (Fsp3) is 0.304. The Morgan fingerprint density at radius 3 is 2.39 bits per heavy atom. The fourth-order valence-electron chi connectivity index (χ4n) is 3.86. The maximum atomic E-state index is 13.4. The lowest BCUT2D eigenvalue weighted by atomic mass is 9.97. The summed E-state index contributed by atoms with van der Waals surface area (Å²) in [5.41, 5.74) is -1.09. The minimum absolute atomic E-state index is 0.00558. The summed E-state index contributed by atoms with van der Waals surface area (Å²) >= 11 is 0. The Labute approximate surface area is 201 Å². The average molecular weight is 506 g/mol. The second kappa shape index (κ2) is 9.54. The molecule has 1 aromatic heterocycles. The van der Waals surface area contributed by atoms with Crippen LogP contribution in [0.2, 0.25) is 0 Å². The molecule has 1 aliphatic rings. The number of hydrogen-bond acceptors (Lipinski definition) is 12. The number of ether oxygens (including phenoxy) is 3. The van der Waals surface area contributed by atoms with Gasteiger partial charge in [0.1, 0.15) is 46.9 Å². The van der Waals surface area contributed by atoms with Crippen molar-refractivity contribution in [1.29, 1.82) is 0 Å². The van der Waals surface area contributed by atoms with Gasteiger partial charge in [0.25, 0.3) is 0 Å². The van der Waals surface area contributed by atoms with Crippen molar-refractivity contribution in [2.45, 2.75) is 37.1 Å². The number of aliphatic hydroxyl groups is 3. The Kier molecular flexibility index (Phi) is 6.65. The van der Waals surface area contributed by atoms with E-state index in [1.807, 2.05) is 0 Å². The van der Waals surface area contributed by atoms with E-state index in [-0.39, 0.29) is 28.4 Å². The molecular formula is C23H22O13. The number of carboxylic acids is 1. The van der Waals surface area contributed by atoms with Gasteiger partial charge < -0.3 is 54.4 Å². The number of phenols is 3. The first-order chi connectivity index (χ1) is 17.0. The maximum absolute atomic E-state index is 13.4. The molecule has 192 valence electrons. The van der Waals surface area contributed by atoms with Crippen LogP contribution in [-0.4, -0.2) is 79.5 Å². The van der Waals surface area contributed by atoms with Crippen molar-refractivity contribution in [2.75, 3.05) is 7.11 Å². The van der Waals surface area contributed by atoms with Crippen molar-refractivity contribution >= 4 is 16.9 Å². The van der Waals surface area contributed by atoms with E-state index in [4.69, 9.17) is 23.7 Å². The van der Waals surface area contributed by atoms with Crippen LogP contribution < -0.4 is 14.9 Å². The Balaban J connectivity index is 1.89. The van der Waals surface area contributed by atoms with Gasteiger partial charge in [-0.2, -0.15) is 0 Å². The number of phenolic OH excluding ortho intramolecular Hbond substituents is 3. The van der Waals surface area contributed by atoms with E-state index in [0.717, 1.165) is 12.1 Å². The van der Waals surface area contributed by atoms with Crippen LogP contribution in [-0.2, 0) is 9.53 Å². The number of benzene rings is 2. The van der Waals surface area contributed by atoms with E-state index in [1.54, 1.807) is 0 Å². The van der Waals surface area contributed by atoms with Crippen LogP contribution in [0.5, 0.6) is 28.7 Å². The Bertz CT molecular complexity index is 1360. The van der Waals surface area contributed by atoms with Gasteiger partial charge in [0, 0.05) is 17.7 Å². The molecule has 1 saturated heterocycles. The van der Waals surface area contributed by atoms with E-state index in [2.05, 4.69) is 0 Å². The molecule has 5 atom stereocenters. The number of rotatable bonds is 6. The molecule has 0 radical (unpaired) electrons. The first-order valence-corrected chi connectivity index (χ1v) is 10.5. The third kappa shape index (κ3) is 4.47. The summed E-state index contributed by atoms with van der Waals surface area (Å²) in [5, 5.41) is 69.4. The molecule has 13 heteroatoms. The van der Waals surface area contributed by atoms with Gasteiger partial charge in [0.15, 0.2) is 17.3 Å². The first-order valence-electron chi connectivity index (χ1n) is 10.5.